The first-order valence-corrected chi connectivity index (χ1v) is 5.66. The zero-order valence-corrected chi connectivity index (χ0v) is 10.0. The summed E-state index contributed by atoms with van der Waals surface area (Å²) < 4.78 is 13.6. The number of nitrogens with zero attached hydrogens (tertiary/aromatic N) is 2. The van der Waals surface area contributed by atoms with Crippen molar-refractivity contribution in [3.05, 3.63) is 47.9 Å². The van der Waals surface area contributed by atoms with Crippen molar-refractivity contribution in [3.8, 4) is 0 Å². The molecule has 0 amide bonds. The average Bonchev–Trinajstić information content (AvgIpc) is 2.47. The zero-order chi connectivity index (χ0) is 13.7. The van der Waals surface area contributed by atoms with Crippen LogP contribution in [0.4, 0.5) is 16.2 Å². The van der Waals surface area contributed by atoms with Gasteiger partial charge >= 0.3 is 0 Å². The summed E-state index contributed by atoms with van der Waals surface area (Å²) >= 11 is 0. The second-order valence-corrected chi connectivity index (χ2v) is 3.82. The van der Waals surface area contributed by atoms with Crippen molar-refractivity contribution in [1.29, 1.82) is 0 Å². The minimum Gasteiger partial charge on any atom is -0.394 e. The van der Waals surface area contributed by atoms with Gasteiger partial charge in [-0.3, -0.25) is 5.43 Å². The Balaban J connectivity index is 2.23. The summed E-state index contributed by atoms with van der Waals surface area (Å²) in [4.78, 5) is 7.50. The van der Waals surface area contributed by atoms with E-state index in [1.54, 1.807) is 0 Å². The van der Waals surface area contributed by atoms with E-state index in [2.05, 4.69) is 20.7 Å². The molecule has 2 aromatic rings. The van der Waals surface area contributed by atoms with E-state index in [4.69, 9.17) is 5.84 Å². The summed E-state index contributed by atoms with van der Waals surface area (Å²) in [6.45, 7) is -0.196. The third-order valence-corrected chi connectivity index (χ3v) is 2.57. The Morgan fingerprint density at radius 2 is 2.05 bits per heavy atom. The number of hydrogen-bond donors (Lipinski definition) is 4. The lowest BCUT2D eigenvalue weighted by atomic mass is 10.1. The van der Waals surface area contributed by atoms with Crippen LogP contribution < -0.4 is 16.6 Å². The highest BCUT2D eigenvalue weighted by Crippen LogP contribution is 2.20. The van der Waals surface area contributed by atoms with Crippen LogP contribution >= 0.6 is 0 Å². The fraction of sp³-hybridized carbons (Fsp3) is 0.167. The van der Waals surface area contributed by atoms with Gasteiger partial charge in [0.2, 0.25) is 5.95 Å². The minimum atomic E-state index is -0.617. The van der Waals surface area contributed by atoms with Gasteiger partial charge in [-0.2, -0.15) is 4.98 Å². The Bertz CT molecular complexity index is 537. The fourth-order valence-corrected chi connectivity index (χ4v) is 1.62. The summed E-state index contributed by atoms with van der Waals surface area (Å²) in [5.41, 5.74) is 3.06. The van der Waals surface area contributed by atoms with Crippen molar-refractivity contribution in [2.24, 2.45) is 5.84 Å². The molecular formula is C12H14FN5O. The van der Waals surface area contributed by atoms with Crippen molar-refractivity contribution in [2.45, 2.75) is 6.04 Å². The van der Waals surface area contributed by atoms with Crippen molar-refractivity contribution in [1.82, 2.24) is 9.97 Å². The van der Waals surface area contributed by atoms with Crippen LogP contribution in [-0.4, -0.2) is 21.7 Å². The monoisotopic (exact) mass is 263 g/mol. The first kappa shape index (κ1) is 13.2. The lowest BCUT2D eigenvalue weighted by molar-refractivity contribution is 0.276. The maximum Gasteiger partial charge on any atom is 0.239 e. The topological polar surface area (TPSA) is 96.1 Å². The molecule has 0 aliphatic heterocycles. The first-order valence-electron chi connectivity index (χ1n) is 5.66. The summed E-state index contributed by atoms with van der Waals surface area (Å²) in [5.74, 6) is 4.62. The Kier molecular flexibility index (Phi) is 4.22. The molecule has 6 nitrogen and oxygen atoms in total. The van der Waals surface area contributed by atoms with Crippen LogP contribution in [0.15, 0.2) is 36.5 Å². The Morgan fingerprint density at radius 1 is 1.32 bits per heavy atom. The normalized spacial score (nSPS) is 11.9. The number of aromatic nitrogens is 2. The molecule has 5 N–H and O–H groups in total. The lowest BCUT2D eigenvalue weighted by Crippen LogP contribution is -2.18. The molecule has 7 heteroatoms. The van der Waals surface area contributed by atoms with Crippen LogP contribution in [-0.2, 0) is 0 Å². The van der Waals surface area contributed by atoms with Gasteiger partial charge in [0.15, 0.2) is 11.6 Å². The van der Waals surface area contributed by atoms with E-state index in [9.17, 15) is 9.50 Å². The fourth-order valence-electron chi connectivity index (χ4n) is 1.62. The Morgan fingerprint density at radius 3 is 2.68 bits per heavy atom. The Labute approximate surface area is 109 Å². The number of benzene rings is 1. The number of nitrogens with one attached hydrogen (secondary N) is 2. The van der Waals surface area contributed by atoms with Gasteiger partial charge in [-0.15, -0.1) is 0 Å². The van der Waals surface area contributed by atoms with Gasteiger partial charge in [0.1, 0.15) is 0 Å². The third kappa shape index (κ3) is 3.15. The molecule has 0 aliphatic rings. The molecule has 0 spiro atoms. The zero-order valence-electron chi connectivity index (χ0n) is 10.0. The highest BCUT2D eigenvalue weighted by molar-refractivity contribution is 5.43. The second kappa shape index (κ2) is 6.07. The van der Waals surface area contributed by atoms with Crippen LogP contribution in [0.2, 0.25) is 0 Å². The minimum absolute atomic E-state index is 0.0224. The first-order chi connectivity index (χ1) is 9.24. The number of nitrogens with two attached hydrogens (primary N) is 1. The summed E-state index contributed by atoms with van der Waals surface area (Å²) in [6, 6.07) is 8.73. The quantitative estimate of drug-likeness (QED) is 0.475. The van der Waals surface area contributed by atoms with E-state index in [1.807, 2.05) is 30.3 Å². The van der Waals surface area contributed by atoms with E-state index in [0.29, 0.717) is 0 Å². The van der Waals surface area contributed by atoms with Gasteiger partial charge in [-0.25, -0.2) is 15.2 Å². The van der Waals surface area contributed by atoms with Crippen LogP contribution in [0.5, 0.6) is 0 Å². The predicted molar refractivity (Wildman–Crippen MR) is 69.7 cm³/mol. The standard InChI is InChI=1S/C12H14FN5O/c13-9-6-15-12(18-14)17-11(9)16-10(7-19)8-4-2-1-3-5-8/h1-6,10,19H,7,14H2,(H2,15,16,17,18). The van der Waals surface area contributed by atoms with E-state index in [1.165, 1.54) is 0 Å². The molecule has 19 heavy (non-hydrogen) atoms. The molecule has 0 saturated carbocycles. The molecule has 1 atom stereocenters. The number of aliphatic hydroxyl groups excluding tert-OH is 1. The highest BCUT2D eigenvalue weighted by Gasteiger charge is 2.14. The van der Waals surface area contributed by atoms with Crippen molar-refractivity contribution >= 4 is 11.8 Å². The van der Waals surface area contributed by atoms with Gasteiger partial charge in [0, 0.05) is 0 Å². The van der Waals surface area contributed by atoms with Crippen molar-refractivity contribution in [2.75, 3.05) is 17.3 Å². The van der Waals surface area contributed by atoms with Gasteiger partial charge < -0.3 is 10.4 Å². The molecule has 0 bridgehead atoms. The van der Waals surface area contributed by atoms with E-state index >= 15 is 0 Å². The number of anilines is 2. The number of rotatable bonds is 5. The van der Waals surface area contributed by atoms with Crippen LogP contribution in [0.3, 0.4) is 0 Å². The van der Waals surface area contributed by atoms with Crippen LogP contribution in [0.1, 0.15) is 11.6 Å². The average molecular weight is 263 g/mol. The van der Waals surface area contributed by atoms with Crippen molar-refractivity contribution in [3.63, 3.8) is 0 Å². The SMILES string of the molecule is NNc1ncc(F)c(NC(CO)c2ccccc2)n1. The molecule has 0 fully saturated rings. The highest BCUT2D eigenvalue weighted by atomic mass is 19.1. The molecule has 0 aliphatic carbocycles. The molecule has 0 saturated heterocycles. The number of hydrazine groups is 1. The van der Waals surface area contributed by atoms with Crippen LogP contribution in [0, 0.1) is 5.82 Å². The van der Waals surface area contributed by atoms with Gasteiger partial charge in [-0.05, 0) is 5.56 Å². The lowest BCUT2D eigenvalue weighted by Gasteiger charge is -2.17. The van der Waals surface area contributed by atoms with Gasteiger partial charge in [0.25, 0.3) is 0 Å². The molecule has 1 unspecified atom stereocenters. The maximum absolute atomic E-state index is 13.6. The number of hydrogen-bond acceptors (Lipinski definition) is 6. The summed E-state index contributed by atoms with van der Waals surface area (Å²) in [5, 5.41) is 12.2. The van der Waals surface area contributed by atoms with Gasteiger partial charge in [0.05, 0.1) is 18.8 Å². The predicted octanol–water partition coefficient (Wildman–Crippen LogP) is 1.05. The molecule has 100 valence electrons. The van der Waals surface area contributed by atoms with E-state index < -0.39 is 11.9 Å². The third-order valence-electron chi connectivity index (χ3n) is 2.57. The van der Waals surface area contributed by atoms with Crippen LogP contribution in [0.25, 0.3) is 0 Å². The summed E-state index contributed by atoms with van der Waals surface area (Å²) in [7, 11) is 0. The van der Waals surface area contributed by atoms with E-state index in [0.717, 1.165) is 11.8 Å². The number of nitrogen functional groups attached to an aromatic ring is 1. The number of aliphatic hydroxyl groups is 1. The molecule has 2 rings (SSSR count). The van der Waals surface area contributed by atoms with Gasteiger partial charge in [-0.1, -0.05) is 30.3 Å². The molecule has 1 aromatic carbocycles. The Hall–Kier alpha value is -2.25. The maximum atomic E-state index is 13.6. The second-order valence-electron chi connectivity index (χ2n) is 3.82. The molecular weight excluding hydrogens is 249 g/mol. The largest absolute Gasteiger partial charge is 0.394 e. The molecule has 1 aromatic heterocycles. The summed E-state index contributed by atoms with van der Waals surface area (Å²) in [6.07, 6.45) is 1.00. The number of halogens is 1. The molecule has 1 heterocycles. The smallest absolute Gasteiger partial charge is 0.239 e. The van der Waals surface area contributed by atoms with E-state index in [-0.39, 0.29) is 18.4 Å². The molecule has 0 radical (unpaired) electrons. The van der Waals surface area contributed by atoms with Crippen molar-refractivity contribution < 1.29 is 9.50 Å².